The Morgan fingerprint density at radius 2 is 1.89 bits per heavy atom. The number of rotatable bonds is 9. The summed E-state index contributed by atoms with van der Waals surface area (Å²) in [5.41, 5.74) is 0.0504. The van der Waals surface area contributed by atoms with Crippen molar-refractivity contribution in [3.05, 3.63) is 16.3 Å². The second-order valence-electron chi connectivity index (χ2n) is 7.96. The van der Waals surface area contributed by atoms with Gasteiger partial charge < -0.3 is 10.6 Å². The van der Waals surface area contributed by atoms with Crippen LogP contribution in [0, 0.1) is 5.92 Å². The van der Waals surface area contributed by atoms with Gasteiger partial charge in [-0.15, -0.1) is 0 Å². The van der Waals surface area contributed by atoms with Crippen molar-refractivity contribution < 1.29 is 0 Å². The van der Waals surface area contributed by atoms with Gasteiger partial charge in [0.25, 0.3) is 0 Å². The van der Waals surface area contributed by atoms with Gasteiger partial charge in [0.05, 0.1) is 0 Å². The maximum absolute atomic E-state index is 12.3. The molecule has 0 bridgehead atoms. The van der Waals surface area contributed by atoms with Crippen LogP contribution < -0.4 is 16.3 Å². The molecule has 0 amide bonds. The zero-order valence-electron chi connectivity index (χ0n) is 16.9. The SMILES string of the molecule is CN=C(NCCCCC1CCCC1)NCCCn1nc2n(c1=O)CCCC2. The number of unbranched alkanes of at least 4 members (excludes halogenated alkanes) is 1. The number of fused-ring (bicyclic) bond motifs is 1. The molecular weight excluding hydrogens is 340 g/mol. The third kappa shape index (κ3) is 5.84. The van der Waals surface area contributed by atoms with Crippen LogP contribution in [0.15, 0.2) is 9.79 Å². The van der Waals surface area contributed by atoms with Crippen molar-refractivity contribution in [2.75, 3.05) is 20.1 Å². The Kier molecular flexibility index (Phi) is 7.78. The lowest BCUT2D eigenvalue weighted by atomic mass is 10.0. The number of aryl methyl sites for hydroxylation is 2. The average molecular weight is 377 g/mol. The van der Waals surface area contributed by atoms with E-state index >= 15 is 0 Å². The Bertz CT molecular complexity index is 656. The van der Waals surface area contributed by atoms with Gasteiger partial charge >= 0.3 is 5.69 Å². The zero-order valence-corrected chi connectivity index (χ0v) is 16.9. The normalized spacial score (nSPS) is 17.9. The van der Waals surface area contributed by atoms with Gasteiger partial charge in [-0.1, -0.05) is 38.5 Å². The Morgan fingerprint density at radius 1 is 1.11 bits per heavy atom. The predicted octanol–water partition coefficient (Wildman–Crippen LogP) is 2.30. The fraction of sp³-hybridized carbons (Fsp3) is 0.850. The molecule has 1 aromatic heterocycles. The van der Waals surface area contributed by atoms with Gasteiger partial charge in [-0.3, -0.25) is 9.56 Å². The lowest BCUT2D eigenvalue weighted by Crippen LogP contribution is -2.38. The van der Waals surface area contributed by atoms with Crippen LogP contribution >= 0.6 is 0 Å². The fourth-order valence-electron chi connectivity index (χ4n) is 4.31. The first-order chi connectivity index (χ1) is 13.3. The Balaban J connectivity index is 1.28. The summed E-state index contributed by atoms with van der Waals surface area (Å²) in [4.78, 5) is 16.6. The molecule has 1 aliphatic carbocycles. The molecule has 7 nitrogen and oxygen atoms in total. The molecule has 0 unspecified atom stereocenters. The van der Waals surface area contributed by atoms with E-state index < -0.39 is 0 Å². The molecule has 0 spiro atoms. The van der Waals surface area contributed by atoms with E-state index in [9.17, 15) is 4.79 Å². The molecule has 1 aliphatic heterocycles. The smallest absolute Gasteiger partial charge is 0.345 e. The molecule has 2 N–H and O–H groups in total. The average Bonchev–Trinajstić information content (AvgIpc) is 3.32. The Hall–Kier alpha value is -1.79. The highest BCUT2D eigenvalue weighted by atomic mass is 16.2. The van der Waals surface area contributed by atoms with E-state index in [1.807, 2.05) is 11.6 Å². The topological polar surface area (TPSA) is 76.2 Å². The minimum atomic E-state index is 0.0504. The van der Waals surface area contributed by atoms with E-state index in [2.05, 4.69) is 20.7 Å². The summed E-state index contributed by atoms with van der Waals surface area (Å²) in [6.45, 7) is 3.24. The molecule has 3 rings (SSSR count). The highest BCUT2D eigenvalue weighted by molar-refractivity contribution is 5.79. The van der Waals surface area contributed by atoms with Gasteiger partial charge in [0.1, 0.15) is 5.82 Å². The highest BCUT2D eigenvalue weighted by Gasteiger charge is 2.16. The summed E-state index contributed by atoms with van der Waals surface area (Å²) < 4.78 is 3.46. The van der Waals surface area contributed by atoms with Crippen molar-refractivity contribution in [2.24, 2.45) is 10.9 Å². The minimum absolute atomic E-state index is 0.0504. The Labute approximate surface area is 162 Å². The van der Waals surface area contributed by atoms with Gasteiger partial charge in [0, 0.05) is 39.6 Å². The molecule has 2 heterocycles. The Morgan fingerprint density at radius 3 is 2.63 bits per heavy atom. The highest BCUT2D eigenvalue weighted by Crippen LogP contribution is 2.28. The lowest BCUT2D eigenvalue weighted by molar-refractivity contribution is 0.472. The minimum Gasteiger partial charge on any atom is -0.356 e. The number of guanidine groups is 1. The van der Waals surface area contributed by atoms with Crippen molar-refractivity contribution in [3.8, 4) is 0 Å². The van der Waals surface area contributed by atoms with Crippen molar-refractivity contribution in [3.63, 3.8) is 0 Å². The molecule has 0 atom stereocenters. The third-order valence-corrected chi connectivity index (χ3v) is 5.90. The predicted molar refractivity (Wildman–Crippen MR) is 109 cm³/mol. The van der Waals surface area contributed by atoms with Crippen LogP contribution in [-0.4, -0.2) is 40.4 Å². The van der Waals surface area contributed by atoms with Crippen LogP contribution in [0.2, 0.25) is 0 Å². The molecule has 1 aromatic rings. The molecular formula is C20H36N6O. The molecule has 0 saturated heterocycles. The molecule has 27 heavy (non-hydrogen) atoms. The van der Waals surface area contributed by atoms with Gasteiger partial charge in [-0.05, 0) is 31.6 Å². The van der Waals surface area contributed by atoms with Crippen LogP contribution in [0.5, 0.6) is 0 Å². The summed E-state index contributed by atoms with van der Waals surface area (Å²) in [5, 5.41) is 11.2. The number of aromatic nitrogens is 3. The summed E-state index contributed by atoms with van der Waals surface area (Å²) in [6, 6.07) is 0. The van der Waals surface area contributed by atoms with Crippen LogP contribution in [-0.2, 0) is 19.5 Å². The first-order valence-corrected chi connectivity index (χ1v) is 10.9. The molecule has 1 fully saturated rings. The van der Waals surface area contributed by atoms with E-state index in [0.29, 0.717) is 6.54 Å². The maximum atomic E-state index is 12.3. The van der Waals surface area contributed by atoms with Gasteiger partial charge in [-0.2, -0.15) is 5.10 Å². The number of nitrogens with zero attached hydrogens (tertiary/aromatic N) is 4. The quantitative estimate of drug-likeness (QED) is 0.394. The number of hydrogen-bond donors (Lipinski definition) is 2. The van der Waals surface area contributed by atoms with Crippen molar-refractivity contribution >= 4 is 5.96 Å². The number of nitrogens with one attached hydrogen (secondary N) is 2. The largest absolute Gasteiger partial charge is 0.356 e. The van der Waals surface area contributed by atoms with Gasteiger partial charge in [0.15, 0.2) is 5.96 Å². The van der Waals surface area contributed by atoms with Crippen molar-refractivity contribution in [1.29, 1.82) is 0 Å². The van der Waals surface area contributed by atoms with Crippen LogP contribution in [0.4, 0.5) is 0 Å². The maximum Gasteiger partial charge on any atom is 0.345 e. The molecule has 0 radical (unpaired) electrons. The molecule has 2 aliphatic rings. The van der Waals surface area contributed by atoms with E-state index in [1.165, 1.54) is 44.9 Å². The van der Waals surface area contributed by atoms with Gasteiger partial charge in [-0.25, -0.2) is 9.48 Å². The van der Waals surface area contributed by atoms with Gasteiger partial charge in [0.2, 0.25) is 0 Å². The summed E-state index contributed by atoms with van der Waals surface area (Å²) >= 11 is 0. The van der Waals surface area contributed by atoms with E-state index in [-0.39, 0.29) is 5.69 Å². The van der Waals surface area contributed by atoms with Crippen molar-refractivity contribution in [2.45, 2.75) is 83.7 Å². The second-order valence-corrected chi connectivity index (χ2v) is 7.96. The summed E-state index contributed by atoms with van der Waals surface area (Å²) in [6.07, 6.45) is 13.7. The van der Waals surface area contributed by atoms with E-state index in [0.717, 1.165) is 63.0 Å². The zero-order chi connectivity index (χ0) is 18.9. The summed E-state index contributed by atoms with van der Waals surface area (Å²) in [7, 11) is 1.81. The number of hydrogen-bond acceptors (Lipinski definition) is 3. The lowest BCUT2D eigenvalue weighted by Gasteiger charge is -2.12. The van der Waals surface area contributed by atoms with Crippen LogP contribution in [0.1, 0.15) is 70.0 Å². The fourth-order valence-corrected chi connectivity index (χ4v) is 4.31. The van der Waals surface area contributed by atoms with E-state index in [1.54, 1.807) is 4.68 Å². The molecule has 7 heteroatoms. The number of aliphatic imine (C=N–C) groups is 1. The third-order valence-electron chi connectivity index (χ3n) is 5.90. The monoisotopic (exact) mass is 376 g/mol. The van der Waals surface area contributed by atoms with Crippen molar-refractivity contribution in [1.82, 2.24) is 25.0 Å². The summed E-state index contributed by atoms with van der Waals surface area (Å²) in [5.74, 6) is 2.79. The van der Waals surface area contributed by atoms with Crippen LogP contribution in [0.3, 0.4) is 0 Å². The molecule has 0 aromatic carbocycles. The standard InChI is InChI=1S/C20H36N6O/c1-21-19(22-13-6-4-11-17-9-2-3-10-17)23-14-8-16-26-20(27)25-15-7-5-12-18(25)24-26/h17H,2-16H2,1H3,(H2,21,22,23). The second kappa shape index (κ2) is 10.5. The van der Waals surface area contributed by atoms with Crippen LogP contribution in [0.25, 0.3) is 0 Å². The first-order valence-electron chi connectivity index (χ1n) is 10.9. The van der Waals surface area contributed by atoms with E-state index in [4.69, 9.17) is 0 Å². The molecule has 152 valence electrons. The first kappa shape index (κ1) is 20.0. The molecule has 1 saturated carbocycles.